The predicted molar refractivity (Wildman–Crippen MR) is 108 cm³/mol. The molecule has 25 heavy (non-hydrogen) atoms. The van der Waals surface area contributed by atoms with E-state index in [9.17, 15) is 9.90 Å². The van der Waals surface area contributed by atoms with E-state index in [4.69, 9.17) is 0 Å². The summed E-state index contributed by atoms with van der Waals surface area (Å²) in [6.45, 7) is 6.40. The van der Waals surface area contributed by atoms with E-state index >= 15 is 0 Å². The number of rotatable bonds is 13. The lowest BCUT2D eigenvalue weighted by Crippen LogP contribution is -2.42. The molecule has 0 aliphatic heterocycles. The van der Waals surface area contributed by atoms with E-state index in [1.165, 1.54) is 0 Å². The van der Waals surface area contributed by atoms with Crippen molar-refractivity contribution in [1.29, 1.82) is 0 Å². The topological polar surface area (TPSA) is 49.3 Å². The zero-order valence-electron chi connectivity index (χ0n) is 16.1. The van der Waals surface area contributed by atoms with Crippen LogP contribution in [0.2, 0.25) is 0 Å². The molecule has 2 N–H and O–H groups in total. The Morgan fingerprint density at radius 1 is 0.920 bits per heavy atom. The van der Waals surface area contributed by atoms with Crippen LogP contribution in [0.15, 0.2) is 60.8 Å². The zero-order chi connectivity index (χ0) is 18.8. The third-order valence-electron chi connectivity index (χ3n) is 3.68. The van der Waals surface area contributed by atoms with Gasteiger partial charge in [-0.1, -0.05) is 81.4 Å². The summed E-state index contributed by atoms with van der Waals surface area (Å²) in [4.78, 5) is 11.8. The van der Waals surface area contributed by atoms with Gasteiger partial charge in [0.25, 0.3) is 0 Å². The summed E-state index contributed by atoms with van der Waals surface area (Å²) >= 11 is 0. The number of nitrogens with one attached hydrogen (secondary N) is 1. The van der Waals surface area contributed by atoms with Crippen LogP contribution in [0.25, 0.3) is 0 Å². The van der Waals surface area contributed by atoms with E-state index in [2.05, 4.69) is 11.4 Å². The monoisotopic (exact) mass is 345 g/mol. The van der Waals surface area contributed by atoms with E-state index in [1.54, 1.807) is 6.08 Å². The molecule has 0 aliphatic carbocycles. The minimum Gasteiger partial charge on any atom is -0.388 e. The lowest BCUT2D eigenvalue weighted by molar-refractivity contribution is -0.118. The number of aliphatic hydroxyl groups is 1. The molecule has 3 nitrogen and oxygen atoms in total. The maximum Gasteiger partial charge on any atom is 0.243 e. The second kappa shape index (κ2) is 15.6. The van der Waals surface area contributed by atoms with Crippen LogP contribution in [0.1, 0.15) is 59.3 Å². The van der Waals surface area contributed by atoms with Gasteiger partial charge < -0.3 is 10.4 Å². The van der Waals surface area contributed by atoms with Gasteiger partial charge in [0.1, 0.15) is 0 Å². The first-order chi connectivity index (χ1) is 12.1. The molecule has 0 aromatic rings. The van der Waals surface area contributed by atoms with E-state index in [-0.39, 0.29) is 5.91 Å². The molecule has 0 saturated heterocycles. The van der Waals surface area contributed by atoms with Crippen LogP contribution in [-0.2, 0) is 4.79 Å². The largest absolute Gasteiger partial charge is 0.388 e. The molecular formula is C22H35NO2. The Kier molecular flexibility index (Phi) is 14.5. The molecule has 0 fully saturated rings. The van der Waals surface area contributed by atoms with Gasteiger partial charge in [-0.3, -0.25) is 4.79 Å². The van der Waals surface area contributed by atoms with Crippen LogP contribution in [0.5, 0.6) is 0 Å². The van der Waals surface area contributed by atoms with Crippen molar-refractivity contribution >= 4 is 5.91 Å². The fraction of sp³-hybridized carbons (Fsp3) is 0.500. The number of hydrogen-bond acceptors (Lipinski definition) is 2. The summed E-state index contributed by atoms with van der Waals surface area (Å²) in [5, 5.41) is 13.3. The van der Waals surface area contributed by atoms with Crippen LogP contribution < -0.4 is 5.32 Å². The summed E-state index contributed by atoms with van der Waals surface area (Å²) in [5.41, 5.74) is -0.774. The molecule has 3 heteroatoms. The van der Waals surface area contributed by atoms with Crippen molar-refractivity contribution in [3.05, 3.63) is 60.8 Å². The van der Waals surface area contributed by atoms with E-state index in [1.807, 2.05) is 69.4 Å². The van der Waals surface area contributed by atoms with Gasteiger partial charge >= 0.3 is 0 Å². The average Bonchev–Trinajstić information content (AvgIpc) is 2.58. The Morgan fingerprint density at radius 3 is 2.08 bits per heavy atom. The molecule has 0 rings (SSSR count). The highest BCUT2D eigenvalue weighted by Crippen LogP contribution is 2.18. The third kappa shape index (κ3) is 14.2. The molecule has 0 saturated carbocycles. The Balaban J connectivity index is 3.99. The van der Waals surface area contributed by atoms with Gasteiger partial charge in [-0.25, -0.2) is 0 Å². The zero-order valence-corrected chi connectivity index (χ0v) is 16.1. The summed E-state index contributed by atoms with van der Waals surface area (Å²) in [5.74, 6) is -0.136. The molecule has 0 unspecified atom stereocenters. The van der Waals surface area contributed by atoms with E-state index in [0.29, 0.717) is 19.4 Å². The SMILES string of the molecule is CC=CC=CC=CC=CCCC=CC(=O)NCC(O)(CCC)CCC. The first-order valence-corrected chi connectivity index (χ1v) is 9.36. The number of unbranched alkanes of at least 4 members (excludes halogenated alkanes) is 1. The highest BCUT2D eigenvalue weighted by atomic mass is 16.3. The molecule has 0 heterocycles. The van der Waals surface area contributed by atoms with Gasteiger partial charge in [-0.15, -0.1) is 0 Å². The van der Waals surface area contributed by atoms with Crippen molar-refractivity contribution in [3.8, 4) is 0 Å². The Hall–Kier alpha value is -1.87. The van der Waals surface area contributed by atoms with Crippen LogP contribution in [0, 0.1) is 0 Å². The number of carbonyl (C=O) groups excluding carboxylic acids is 1. The Labute approximate surface area is 153 Å². The Bertz CT molecular complexity index is 478. The molecule has 0 atom stereocenters. The number of amides is 1. The van der Waals surface area contributed by atoms with Gasteiger partial charge in [-0.05, 0) is 38.7 Å². The van der Waals surface area contributed by atoms with Gasteiger partial charge in [0.2, 0.25) is 5.91 Å². The van der Waals surface area contributed by atoms with E-state index < -0.39 is 5.60 Å². The molecular weight excluding hydrogens is 310 g/mol. The summed E-state index contributed by atoms with van der Waals surface area (Å²) in [7, 11) is 0. The highest BCUT2D eigenvalue weighted by Gasteiger charge is 2.24. The van der Waals surface area contributed by atoms with Crippen LogP contribution in [0.3, 0.4) is 0 Å². The molecule has 0 aliphatic rings. The predicted octanol–water partition coefficient (Wildman–Crippen LogP) is 5.02. The van der Waals surface area contributed by atoms with Crippen molar-refractivity contribution in [3.63, 3.8) is 0 Å². The summed E-state index contributed by atoms with van der Waals surface area (Å²) in [6, 6.07) is 0. The van der Waals surface area contributed by atoms with Gasteiger partial charge in [0.05, 0.1) is 5.60 Å². The number of carbonyl (C=O) groups is 1. The molecule has 1 amide bonds. The van der Waals surface area contributed by atoms with Gasteiger partial charge in [0.15, 0.2) is 0 Å². The Morgan fingerprint density at radius 2 is 1.48 bits per heavy atom. The third-order valence-corrected chi connectivity index (χ3v) is 3.68. The van der Waals surface area contributed by atoms with E-state index in [0.717, 1.165) is 25.7 Å². The molecule has 0 spiro atoms. The van der Waals surface area contributed by atoms with Gasteiger partial charge in [0, 0.05) is 6.54 Å². The lowest BCUT2D eigenvalue weighted by atomic mass is 9.92. The number of hydrogen-bond donors (Lipinski definition) is 2. The molecule has 0 aromatic heterocycles. The lowest BCUT2D eigenvalue weighted by Gasteiger charge is -2.27. The van der Waals surface area contributed by atoms with Gasteiger partial charge in [-0.2, -0.15) is 0 Å². The summed E-state index contributed by atoms with van der Waals surface area (Å²) in [6.07, 6.45) is 24.4. The maximum absolute atomic E-state index is 11.8. The van der Waals surface area contributed by atoms with Crippen molar-refractivity contribution in [1.82, 2.24) is 5.32 Å². The van der Waals surface area contributed by atoms with Crippen molar-refractivity contribution in [2.45, 2.75) is 64.9 Å². The number of allylic oxidation sites excluding steroid dienone is 9. The smallest absolute Gasteiger partial charge is 0.243 e. The standard InChI is InChI=1S/C22H35NO2/c1-4-7-8-9-10-11-12-13-14-15-16-17-21(24)23-20-22(25,18-5-2)19-6-3/h4,7-13,16-17,25H,5-6,14-15,18-20H2,1-3H3,(H,23,24). The fourth-order valence-electron chi connectivity index (χ4n) is 2.47. The highest BCUT2D eigenvalue weighted by molar-refractivity contribution is 5.87. The van der Waals surface area contributed by atoms with Crippen molar-refractivity contribution < 1.29 is 9.90 Å². The minimum absolute atomic E-state index is 0.136. The average molecular weight is 346 g/mol. The quantitative estimate of drug-likeness (QED) is 0.280. The molecule has 0 radical (unpaired) electrons. The fourth-order valence-corrected chi connectivity index (χ4v) is 2.47. The normalized spacial score (nSPS) is 13.3. The van der Waals surface area contributed by atoms with Crippen LogP contribution in [-0.4, -0.2) is 23.2 Å². The summed E-state index contributed by atoms with van der Waals surface area (Å²) < 4.78 is 0. The first-order valence-electron chi connectivity index (χ1n) is 9.36. The maximum atomic E-state index is 11.8. The molecule has 0 bridgehead atoms. The van der Waals surface area contributed by atoms with Crippen LogP contribution >= 0.6 is 0 Å². The molecule has 0 aromatic carbocycles. The minimum atomic E-state index is -0.774. The first kappa shape index (κ1) is 23.1. The van der Waals surface area contributed by atoms with Crippen molar-refractivity contribution in [2.75, 3.05) is 6.54 Å². The second-order valence-electron chi connectivity index (χ2n) is 6.15. The van der Waals surface area contributed by atoms with Crippen LogP contribution in [0.4, 0.5) is 0 Å². The van der Waals surface area contributed by atoms with Crippen molar-refractivity contribution in [2.24, 2.45) is 0 Å². The second-order valence-corrected chi connectivity index (χ2v) is 6.15. The molecule has 140 valence electrons.